The van der Waals surface area contributed by atoms with E-state index in [1.54, 1.807) is 24.3 Å². The number of rotatable bonds is 7. The summed E-state index contributed by atoms with van der Waals surface area (Å²) in [4.78, 5) is 12.0. The van der Waals surface area contributed by atoms with E-state index in [1.165, 1.54) is 26.4 Å². The summed E-state index contributed by atoms with van der Waals surface area (Å²) in [5, 5.41) is 3.06. The molecule has 0 spiro atoms. The van der Waals surface area contributed by atoms with Crippen LogP contribution >= 0.6 is 11.6 Å². The second-order valence-corrected chi connectivity index (χ2v) is 5.17. The van der Waals surface area contributed by atoms with Gasteiger partial charge in [-0.25, -0.2) is 4.39 Å². The molecular formula is C17H17ClFNO4. The van der Waals surface area contributed by atoms with Crippen molar-refractivity contribution in [2.45, 2.75) is 6.42 Å². The molecule has 2 rings (SSSR count). The predicted octanol–water partition coefficient (Wildman–Crippen LogP) is 3.90. The van der Waals surface area contributed by atoms with Crippen LogP contribution in [0.3, 0.4) is 0 Å². The van der Waals surface area contributed by atoms with Crippen molar-refractivity contribution in [3.05, 3.63) is 47.2 Å². The highest BCUT2D eigenvalue weighted by atomic mass is 35.5. The number of carbonyl (C=O) groups excluding carboxylic acids is 1. The van der Waals surface area contributed by atoms with Crippen molar-refractivity contribution < 1.29 is 23.4 Å². The van der Waals surface area contributed by atoms with Gasteiger partial charge in [-0.05, 0) is 12.1 Å². The maximum Gasteiger partial charge on any atom is 0.227 e. The zero-order valence-electron chi connectivity index (χ0n) is 13.3. The molecule has 0 heterocycles. The Kier molecular flexibility index (Phi) is 6.26. The zero-order chi connectivity index (χ0) is 17.5. The Morgan fingerprint density at radius 2 is 1.83 bits per heavy atom. The lowest BCUT2D eigenvalue weighted by Gasteiger charge is -2.13. The van der Waals surface area contributed by atoms with Gasteiger partial charge >= 0.3 is 0 Å². The molecule has 0 bridgehead atoms. The van der Waals surface area contributed by atoms with E-state index in [4.69, 9.17) is 25.8 Å². The fraction of sp³-hybridized carbons (Fsp3) is 0.235. The van der Waals surface area contributed by atoms with Gasteiger partial charge in [-0.15, -0.1) is 0 Å². The molecule has 0 aliphatic heterocycles. The van der Waals surface area contributed by atoms with E-state index in [0.29, 0.717) is 22.2 Å². The van der Waals surface area contributed by atoms with E-state index in [0.717, 1.165) is 0 Å². The quantitative estimate of drug-likeness (QED) is 0.820. The number of hydrogen-bond acceptors (Lipinski definition) is 4. The molecule has 0 unspecified atom stereocenters. The summed E-state index contributed by atoms with van der Waals surface area (Å²) in [6.07, 6.45) is 0.0441. The third-order valence-electron chi connectivity index (χ3n) is 3.17. The van der Waals surface area contributed by atoms with Gasteiger partial charge in [-0.3, -0.25) is 4.79 Å². The van der Waals surface area contributed by atoms with Crippen LogP contribution < -0.4 is 19.5 Å². The molecule has 0 aliphatic carbocycles. The van der Waals surface area contributed by atoms with Crippen molar-refractivity contribution >= 4 is 23.2 Å². The lowest BCUT2D eigenvalue weighted by molar-refractivity contribution is -0.116. The molecule has 1 N–H and O–H groups in total. The van der Waals surface area contributed by atoms with Crippen LogP contribution in [-0.2, 0) is 4.79 Å². The van der Waals surface area contributed by atoms with Gasteiger partial charge in [0.15, 0.2) is 11.6 Å². The molecule has 0 radical (unpaired) electrons. The van der Waals surface area contributed by atoms with Gasteiger partial charge in [0.2, 0.25) is 5.91 Å². The number of benzene rings is 2. The standard InChI is InChI=1S/C17H17ClFNO4/c1-22-15-10-13(16(23-2)9-11(15)18)20-17(21)7-8-24-14-6-4-3-5-12(14)19/h3-6,9-10H,7-8H2,1-2H3,(H,20,21). The first kappa shape index (κ1) is 17.9. The van der Waals surface area contributed by atoms with Crippen LogP contribution in [0.1, 0.15) is 6.42 Å². The number of methoxy groups -OCH3 is 2. The number of anilines is 1. The van der Waals surface area contributed by atoms with Gasteiger partial charge in [0, 0.05) is 12.1 Å². The fourth-order valence-corrected chi connectivity index (χ4v) is 2.22. The van der Waals surface area contributed by atoms with Gasteiger partial charge in [0.25, 0.3) is 0 Å². The maximum absolute atomic E-state index is 13.4. The Bertz CT molecular complexity index is 724. The van der Waals surface area contributed by atoms with E-state index in [9.17, 15) is 9.18 Å². The van der Waals surface area contributed by atoms with E-state index >= 15 is 0 Å². The number of nitrogens with one attached hydrogen (secondary N) is 1. The fourth-order valence-electron chi connectivity index (χ4n) is 1.99. The smallest absolute Gasteiger partial charge is 0.227 e. The topological polar surface area (TPSA) is 56.8 Å². The highest BCUT2D eigenvalue weighted by Gasteiger charge is 2.13. The van der Waals surface area contributed by atoms with Crippen molar-refractivity contribution in [1.29, 1.82) is 0 Å². The molecule has 0 aliphatic rings. The van der Waals surface area contributed by atoms with E-state index in [2.05, 4.69) is 5.32 Å². The number of hydrogen-bond donors (Lipinski definition) is 1. The monoisotopic (exact) mass is 353 g/mol. The zero-order valence-corrected chi connectivity index (χ0v) is 14.0. The molecule has 0 fully saturated rings. The van der Waals surface area contributed by atoms with Crippen LogP contribution in [0.2, 0.25) is 5.02 Å². The third kappa shape index (κ3) is 4.52. The molecule has 2 aromatic rings. The van der Waals surface area contributed by atoms with Crippen molar-refractivity contribution in [1.82, 2.24) is 0 Å². The average molecular weight is 354 g/mol. The molecular weight excluding hydrogens is 337 g/mol. The van der Waals surface area contributed by atoms with Crippen LogP contribution in [0, 0.1) is 5.82 Å². The van der Waals surface area contributed by atoms with E-state index in [-0.39, 0.29) is 24.7 Å². The van der Waals surface area contributed by atoms with Crippen LogP contribution in [0.5, 0.6) is 17.2 Å². The minimum atomic E-state index is -0.470. The number of amides is 1. The van der Waals surface area contributed by atoms with Gasteiger partial charge < -0.3 is 19.5 Å². The van der Waals surface area contributed by atoms with Gasteiger partial charge in [0.05, 0.1) is 38.0 Å². The van der Waals surface area contributed by atoms with Gasteiger partial charge in [-0.1, -0.05) is 23.7 Å². The summed E-state index contributed by atoms with van der Waals surface area (Å²) >= 11 is 6.01. The number of ether oxygens (including phenoxy) is 3. The molecule has 7 heteroatoms. The summed E-state index contributed by atoms with van der Waals surface area (Å²) in [6, 6.07) is 9.13. The van der Waals surface area contributed by atoms with Crippen molar-refractivity contribution in [2.75, 3.05) is 26.1 Å². The second-order valence-electron chi connectivity index (χ2n) is 4.76. The molecule has 0 aromatic heterocycles. The third-order valence-corrected chi connectivity index (χ3v) is 3.47. The predicted molar refractivity (Wildman–Crippen MR) is 89.7 cm³/mol. The minimum absolute atomic E-state index is 0.0415. The first-order valence-corrected chi connectivity index (χ1v) is 7.51. The normalized spacial score (nSPS) is 10.2. The van der Waals surface area contributed by atoms with Crippen LogP contribution in [0.25, 0.3) is 0 Å². The van der Waals surface area contributed by atoms with Gasteiger partial charge in [0.1, 0.15) is 11.5 Å². The van der Waals surface area contributed by atoms with Crippen LogP contribution in [0.4, 0.5) is 10.1 Å². The Labute approximate surface area is 144 Å². The Morgan fingerprint density at radius 1 is 1.12 bits per heavy atom. The molecule has 24 heavy (non-hydrogen) atoms. The van der Waals surface area contributed by atoms with Crippen LogP contribution in [0.15, 0.2) is 36.4 Å². The van der Waals surface area contributed by atoms with E-state index < -0.39 is 5.82 Å². The molecule has 0 saturated heterocycles. The first-order valence-electron chi connectivity index (χ1n) is 7.14. The highest BCUT2D eigenvalue weighted by Crippen LogP contribution is 2.35. The molecule has 5 nitrogen and oxygen atoms in total. The molecule has 0 atom stereocenters. The molecule has 2 aromatic carbocycles. The summed E-state index contributed by atoms with van der Waals surface area (Å²) in [7, 11) is 2.94. The summed E-state index contributed by atoms with van der Waals surface area (Å²) in [5.41, 5.74) is 0.426. The SMILES string of the molecule is COc1cc(NC(=O)CCOc2ccccc2F)c(OC)cc1Cl. The summed E-state index contributed by atoms with van der Waals surface area (Å²) in [5.74, 6) is 0.145. The van der Waals surface area contributed by atoms with Crippen molar-refractivity contribution in [3.63, 3.8) is 0 Å². The number of carbonyl (C=O) groups is 1. The number of halogens is 2. The van der Waals surface area contributed by atoms with Gasteiger partial charge in [-0.2, -0.15) is 0 Å². The molecule has 1 amide bonds. The maximum atomic E-state index is 13.4. The lowest BCUT2D eigenvalue weighted by atomic mass is 10.2. The Morgan fingerprint density at radius 3 is 2.50 bits per heavy atom. The molecule has 128 valence electrons. The second kappa shape index (κ2) is 8.40. The average Bonchev–Trinajstić information content (AvgIpc) is 2.57. The first-order chi connectivity index (χ1) is 11.5. The van der Waals surface area contributed by atoms with E-state index in [1.807, 2.05) is 0 Å². The lowest BCUT2D eigenvalue weighted by Crippen LogP contribution is -2.16. The molecule has 0 saturated carbocycles. The largest absolute Gasteiger partial charge is 0.495 e. The Balaban J connectivity index is 1.96. The van der Waals surface area contributed by atoms with Crippen molar-refractivity contribution in [2.24, 2.45) is 0 Å². The highest BCUT2D eigenvalue weighted by molar-refractivity contribution is 6.32. The number of para-hydroxylation sites is 1. The summed E-state index contributed by atoms with van der Waals surface area (Å²) in [6.45, 7) is 0.0415. The summed E-state index contributed by atoms with van der Waals surface area (Å²) < 4.78 is 29.0. The van der Waals surface area contributed by atoms with Crippen molar-refractivity contribution in [3.8, 4) is 17.2 Å². The van der Waals surface area contributed by atoms with Crippen LogP contribution in [-0.4, -0.2) is 26.7 Å². The minimum Gasteiger partial charge on any atom is -0.495 e. The Hall–Kier alpha value is -2.47.